The minimum Gasteiger partial charge on any atom is -0.507 e. The highest BCUT2D eigenvalue weighted by molar-refractivity contribution is 5.91. The molecule has 3 fully saturated rings. The van der Waals surface area contributed by atoms with E-state index >= 15 is 0 Å². The fraction of sp³-hybridized carbons (Fsp3) is 0.636. The predicted molar refractivity (Wildman–Crippen MR) is 225 cm³/mol. The highest BCUT2D eigenvalue weighted by Crippen LogP contribution is 2.27. The van der Waals surface area contributed by atoms with Crippen LogP contribution in [0.5, 0.6) is 5.75 Å². The van der Waals surface area contributed by atoms with E-state index in [0.29, 0.717) is 82.3 Å². The predicted octanol–water partition coefficient (Wildman–Crippen LogP) is 4.74. The van der Waals surface area contributed by atoms with Gasteiger partial charge in [0.2, 0.25) is 0 Å². The minimum atomic E-state index is -1.01. The molecule has 0 unspecified atom stereocenters. The Morgan fingerprint density at radius 2 is 1.53 bits per heavy atom. The van der Waals surface area contributed by atoms with Crippen LogP contribution in [0.2, 0.25) is 0 Å². The molecule has 14 heteroatoms. The summed E-state index contributed by atoms with van der Waals surface area (Å²) in [6, 6.07) is 11.9. The number of aryl methyl sites for hydroxylation is 2. The third kappa shape index (κ3) is 11.8. The Hall–Kier alpha value is -4.40. The molecule has 2 aromatic carbocycles. The Morgan fingerprint density at radius 1 is 0.879 bits per heavy atom. The third-order valence-corrected chi connectivity index (χ3v) is 12.1. The molecular formula is C44H67N7O7. The molecule has 0 bridgehead atoms. The topological polar surface area (TPSA) is 138 Å². The lowest BCUT2D eigenvalue weighted by atomic mass is 10.00. The second-order valence-electron chi connectivity index (χ2n) is 16.5. The van der Waals surface area contributed by atoms with Crippen LogP contribution in [0.25, 0.3) is 0 Å². The van der Waals surface area contributed by atoms with Crippen molar-refractivity contribution in [1.82, 2.24) is 29.4 Å². The molecule has 4 amide bonds. The van der Waals surface area contributed by atoms with Crippen molar-refractivity contribution in [1.29, 1.82) is 0 Å². The summed E-state index contributed by atoms with van der Waals surface area (Å²) >= 11 is 0. The number of carbonyl (C=O) groups is 4. The lowest BCUT2D eigenvalue weighted by Crippen LogP contribution is -2.56. The van der Waals surface area contributed by atoms with E-state index in [-0.39, 0.29) is 43.5 Å². The van der Waals surface area contributed by atoms with Crippen molar-refractivity contribution in [3.8, 4) is 5.75 Å². The molecule has 3 saturated heterocycles. The number of anilines is 1. The number of piperidine rings is 2. The zero-order valence-electron chi connectivity index (χ0n) is 34.4. The Labute approximate surface area is 345 Å². The Balaban J connectivity index is 0.00000641. The first-order valence-electron chi connectivity index (χ1n) is 20.9. The van der Waals surface area contributed by atoms with Crippen molar-refractivity contribution in [2.75, 3.05) is 98.0 Å². The number of phenols is 1. The second kappa shape index (κ2) is 21.0. The van der Waals surface area contributed by atoms with Gasteiger partial charge in [-0.3, -0.25) is 14.5 Å². The standard InChI is InChI=1S/C43H63N7O7.CH4/c1-31-28-33(29-32(2)40(31)52)30-38(57-43(55)49-20-13-36(14-21-49)50-22-10-34-8-5-6-9-37(34)44-42(50)54)41(53)48-25-23-47(24-26-48)35-11-17-46(18-12-35)19-15-39(51)56-27-7-16-45(3)4;/h5-6,8-9,28-29,35-36,38,52H,7,10-27,30H2,1-4H3,(H,44,54);1H4/t38-;/m1./s1. The number of ether oxygens (including phenoxy) is 2. The number of aromatic hydroxyl groups is 1. The molecule has 4 aliphatic heterocycles. The molecule has 58 heavy (non-hydrogen) atoms. The van der Waals surface area contributed by atoms with Crippen LogP contribution < -0.4 is 5.32 Å². The van der Waals surface area contributed by atoms with E-state index in [0.717, 1.165) is 75.2 Å². The van der Waals surface area contributed by atoms with Crippen LogP contribution in [0, 0.1) is 13.8 Å². The lowest BCUT2D eigenvalue weighted by Gasteiger charge is -2.43. The molecule has 0 spiro atoms. The van der Waals surface area contributed by atoms with E-state index in [1.165, 1.54) is 0 Å². The van der Waals surface area contributed by atoms with Gasteiger partial charge in [-0.15, -0.1) is 0 Å². The van der Waals surface area contributed by atoms with Gasteiger partial charge in [0.25, 0.3) is 5.91 Å². The molecule has 2 N–H and O–H groups in total. The molecule has 4 aliphatic rings. The van der Waals surface area contributed by atoms with Gasteiger partial charge < -0.3 is 44.4 Å². The van der Waals surface area contributed by atoms with Crippen molar-refractivity contribution < 1.29 is 33.8 Å². The van der Waals surface area contributed by atoms with Crippen LogP contribution in [0.15, 0.2) is 36.4 Å². The fourth-order valence-electron chi connectivity index (χ4n) is 8.76. The molecule has 0 saturated carbocycles. The number of piperazine rings is 1. The molecule has 0 aromatic heterocycles. The number of esters is 1. The number of hydrogen-bond donors (Lipinski definition) is 2. The zero-order valence-corrected chi connectivity index (χ0v) is 34.4. The number of rotatable bonds is 13. The van der Waals surface area contributed by atoms with E-state index in [4.69, 9.17) is 9.47 Å². The Morgan fingerprint density at radius 3 is 2.21 bits per heavy atom. The van der Waals surface area contributed by atoms with Gasteiger partial charge in [0.1, 0.15) is 5.75 Å². The van der Waals surface area contributed by atoms with E-state index in [9.17, 15) is 24.3 Å². The maximum atomic E-state index is 14.2. The van der Waals surface area contributed by atoms with E-state index in [2.05, 4.69) is 20.0 Å². The van der Waals surface area contributed by atoms with Crippen LogP contribution in [0.1, 0.15) is 68.2 Å². The molecule has 0 radical (unpaired) electrons. The SMILES string of the molecule is C.Cc1cc(C[C@@H](OC(=O)N2CCC(N3CCc4ccccc4NC3=O)CC2)C(=O)N2CCN(C3CCN(CCC(=O)OCCCN(C)C)CC3)CC2)cc(C)c1O. The number of phenolic OH excluding ortho intramolecular Hbond substituents is 1. The van der Waals surface area contributed by atoms with Crippen LogP contribution >= 0.6 is 0 Å². The number of fused-ring (bicyclic) bond motifs is 1. The Kier molecular flexibility index (Phi) is 16.2. The van der Waals surface area contributed by atoms with Crippen LogP contribution in [-0.2, 0) is 31.9 Å². The summed E-state index contributed by atoms with van der Waals surface area (Å²) in [5.74, 6) is -0.115. The van der Waals surface area contributed by atoms with Crippen LogP contribution in [0.3, 0.4) is 0 Å². The monoisotopic (exact) mass is 806 g/mol. The highest BCUT2D eigenvalue weighted by atomic mass is 16.6. The summed E-state index contributed by atoms with van der Waals surface area (Å²) in [5, 5.41) is 13.5. The first kappa shape index (κ1) is 44.7. The second-order valence-corrected chi connectivity index (χ2v) is 16.5. The number of benzene rings is 2. The molecule has 14 nitrogen and oxygen atoms in total. The van der Waals surface area contributed by atoms with Crippen molar-refractivity contribution in [2.24, 2.45) is 0 Å². The van der Waals surface area contributed by atoms with Crippen LogP contribution in [0.4, 0.5) is 15.3 Å². The molecule has 0 aliphatic carbocycles. The van der Waals surface area contributed by atoms with Gasteiger partial charge >= 0.3 is 18.1 Å². The van der Waals surface area contributed by atoms with Crippen molar-refractivity contribution in [2.45, 2.75) is 90.8 Å². The smallest absolute Gasteiger partial charge is 0.410 e. The van der Waals surface area contributed by atoms with Crippen molar-refractivity contribution >= 4 is 29.7 Å². The summed E-state index contributed by atoms with van der Waals surface area (Å²) in [7, 11) is 4.02. The Bertz CT molecular complexity index is 1680. The first-order valence-corrected chi connectivity index (χ1v) is 20.9. The van der Waals surface area contributed by atoms with Crippen LogP contribution in [-0.4, -0.2) is 169 Å². The molecule has 6 rings (SSSR count). The molecule has 1 atom stereocenters. The van der Waals surface area contributed by atoms with Gasteiger partial charge in [-0.25, -0.2) is 9.59 Å². The van der Waals surface area contributed by atoms with Gasteiger partial charge in [-0.05, 0) is 108 Å². The summed E-state index contributed by atoms with van der Waals surface area (Å²) in [6.07, 6.45) is 3.96. The van der Waals surface area contributed by atoms with E-state index in [1.807, 2.05) is 74.1 Å². The number of para-hydroxylation sites is 1. The number of carbonyl (C=O) groups excluding carboxylic acids is 4. The minimum absolute atomic E-state index is 0. The normalized spacial score (nSPS) is 19.2. The maximum Gasteiger partial charge on any atom is 0.410 e. The third-order valence-electron chi connectivity index (χ3n) is 12.1. The van der Waals surface area contributed by atoms with Gasteiger partial charge in [-0.2, -0.15) is 0 Å². The molecule has 2 aromatic rings. The fourth-order valence-corrected chi connectivity index (χ4v) is 8.76. The van der Waals surface area contributed by atoms with E-state index < -0.39 is 12.2 Å². The molecular weight excluding hydrogens is 739 g/mol. The van der Waals surface area contributed by atoms with Crippen molar-refractivity contribution in [3.63, 3.8) is 0 Å². The summed E-state index contributed by atoms with van der Waals surface area (Å²) in [4.78, 5) is 65.6. The summed E-state index contributed by atoms with van der Waals surface area (Å²) in [5.41, 5.74) is 4.20. The quantitative estimate of drug-likeness (QED) is 0.216. The van der Waals surface area contributed by atoms with Crippen molar-refractivity contribution in [3.05, 3.63) is 58.7 Å². The van der Waals surface area contributed by atoms with E-state index in [1.54, 1.807) is 4.90 Å². The largest absolute Gasteiger partial charge is 0.507 e. The average molecular weight is 806 g/mol. The summed E-state index contributed by atoms with van der Waals surface area (Å²) in [6.45, 7) is 11.6. The number of likely N-dealkylation sites (tertiary alicyclic amines) is 2. The van der Waals surface area contributed by atoms with Gasteiger partial charge in [0.05, 0.1) is 13.0 Å². The first-order chi connectivity index (χ1) is 27.4. The number of urea groups is 1. The average Bonchev–Trinajstić information content (AvgIpc) is 3.38. The number of hydrogen-bond acceptors (Lipinski definition) is 10. The lowest BCUT2D eigenvalue weighted by molar-refractivity contribution is -0.145. The number of amides is 4. The van der Waals surface area contributed by atoms with Gasteiger partial charge in [0, 0.05) is 83.1 Å². The number of nitrogens with one attached hydrogen (secondary N) is 1. The van der Waals surface area contributed by atoms with Gasteiger partial charge in [0.15, 0.2) is 6.10 Å². The van der Waals surface area contributed by atoms with Gasteiger partial charge in [-0.1, -0.05) is 37.8 Å². The zero-order chi connectivity index (χ0) is 40.5. The molecule has 320 valence electrons. The number of nitrogens with zero attached hydrogens (tertiary/aromatic N) is 6. The highest BCUT2D eigenvalue weighted by Gasteiger charge is 2.36. The summed E-state index contributed by atoms with van der Waals surface area (Å²) < 4.78 is 11.5. The maximum absolute atomic E-state index is 14.2. The molecule has 4 heterocycles.